The van der Waals surface area contributed by atoms with Gasteiger partial charge in [0.05, 0.1) is 23.4 Å². The summed E-state index contributed by atoms with van der Waals surface area (Å²) in [7, 11) is 0. The van der Waals surface area contributed by atoms with E-state index in [0.29, 0.717) is 23.7 Å². The number of nitriles is 1. The van der Waals surface area contributed by atoms with Crippen molar-refractivity contribution in [2.45, 2.75) is 42.6 Å². The zero-order valence-corrected chi connectivity index (χ0v) is 16.9. The first-order valence-corrected chi connectivity index (χ1v) is 10.5. The third kappa shape index (κ3) is 4.66. The van der Waals surface area contributed by atoms with Crippen molar-refractivity contribution in [3.63, 3.8) is 0 Å². The number of carbonyl (C=O) groups excluding carboxylic acids is 1. The fraction of sp³-hybridized carbons (Fsp3) is 0.273. The highest BCUT2D eigenvalue weighted by Crippen LogP contribution is 2.40. The van der Waals surface area contributed by atoms with E-state index in [1.165, 1.54) is 17.3 Å². The molecule has 2 aromatic carbocycles. The maximum atomic E-state index is 12.6. The van der Waals surface area contributed by atoms with Crippen LogP contribution in [0.15, 0.2) is 59.8 Å². The fourth-order valence-corrected chi connectivity index (χ4v) is 3.88. The van der Waals surface area contributed by atoms with Crippen molar-refractivity contribution in [2.75, 3.05) is 5.32 Å². The van der Waals surface area contributed by atoms with Crippen LogP contribution in [0.3, 0.4) is 0 Å². The van der Waals surface area contributed by atoms with Gasteiger partial charge in [-0.05, 0) is 49.6 Å². The number of rotatable bonds is 7. The van der Waals surface area contributed by atoms with E-state index in [4.69, 9.17) is 5.26 Å². The summed E-state index contributed by atoms with van der Waals surface area (Å²) in [5.74, 6) is 1.38. The lowest BCUT2D eigenvalue weighted by atomic mass is 10.2. The predicted octanol–water partition coefficient (Wildman–Crippen LogP) is 4.19. The third-order valence-corrected chi connectivity index (χ3v) is 5.88. The number of hydrogen-bond acceptors (Lipinski definition) is 5. The molecule has 0 spiro atoms. The van der Waals surface area contributed by atoms with Gasteiger partial charge in [-0.25, -0.2) is 0 Å². The number of nitrogens with zero attached hydrogens (tertiary/aromatic N) is 4. The number of aromatic nitrogens is 3. The van der Waals surface area contributed by atoms with Gasteiger partial charge in [0.25, 0.3) is 0 Å². The third-order valence-electron chi connectivity index (χ3n) is 4.80. The molecule has 1 fully saturated rings. The fourth-order valence-electron chi connectivity index (χ4n) is 3.03. The zero-order chi connectivity index (χ0) is 20.2. The number of amides is 1. The minimum absolute atomic E-state index is 0.109. The lowest BCUT2D eigenvalue weighted by molar-refractivity contribution is -0.115. The maximum Gasteiger partial charge on any atom is 0.237 e. The number of nitrogens with one attached hydrogen (secondary N) is 1. The molecule has 29 heavy (non-hydrogen) atoms. The molecule has 1 aromatic heterocycles. The van der Waals surface area contributed by atoms with E-state index in [0.717, 1.165) is 23.8 Å². The first-order chi connectivity index (χ1) is 14.1. The number of benzene rings is 2. The Morgan fingerprint density at radius 3 is 2.59 bits per heavy atom. The van der Waals surface area contributed by atoms with Crippen molar-refractivity contribution in [1.29, 1.82) is 5.26 Å². The van der Waals surface area contributed by atoms with Crippen LogP contribution >= 0.6 is 11.8 Å². The van der Waals surface area contributed by atoms with Gasteiger partial charge in [-0.15, -0.1) is 10.2 Å². The van der Waals surface area contributed by atoms with Gasteiger partial charge in [-0.1, -0.05) is 42.1 Å². The molecule has 0 bridgehead atoms. The smallest absolute Gasteiger partial charge is 0.237 e. The second-order valence-corrected chi connectivity index (χ2v) is 8.43. The Bertz CT molecular complexity index is 1040. The molecule has 1 aliphatic rings. The molecule has 0 aliphatic heterocycles. The Balaban J connectivity index is 1.47. The van der Waals surface area contributed by atoms with Crippen molar-refractivity contribution in [1.82, 2.24) is 14.8 Å². The molecule has 146 valence electrons. The number of carbonyl (C=O) groups is 1. The monoisotopic (exact) mass is 403 g/mol. The lowest BCUT2D eigenvalue weighted by Crippen LogP contribution is -2.23. The van der Waals surface area contributed by atoms with Crippen LogP contribution in [0.5, 0.6) is 0 Å². The predicted molar refractivity (Wildman–Crippen MR) is 113 cm³/mol. The lowest BCUT2D eigenvalue weighted by Gasteiger charge is -2.14. The maximum absolute atomic E-state index is 12.6. The van der Waals surface area contributed by atoms with Crippen LogP contribution in [-0.4, -0.2) is 25.9 Å². The average Bonchev–Trinajstić information content (AvgIpc) is 3.52. The number of thioether (sulfide) groups is 1. The van der Waals surface area contributed by atoms with E-state index < -0.39 is 0 Å². The molecule has 1 atom stereocenters. The van der Waals surface area contributed by atoms with Crippen molar-refractivity contribution in [2.24, 2.45) is 0 Å². The Morgan fingerprint density at radius 2 is 1.93 bits per heavy atom. The quantitative estimate of drug-likeness (QED) is 0.598. The molecule has 1 N–H and O–H groups in total. The summed E-state index contributed by atoms with van der Waals surface area (Å²) in [6.45, 7) is 2.56. The molecule has 1 saturated carbocycles. The van der Waals surface area contributed by atoms with Gasteiger partial charge in [0.2, 0.25) is 5.91 Å². The van der Waals surface area contributed by atoms with Gasteiger partial charge in [-0.3, -0.25) is 4.79 Å². The SMILES string of the molecule is C[C@H](Sc1nnc(C2CC2)n1Cc1ccccc1)C(=O)Nc1ccc(C#N)cc1. The number of anilines is 1. The molecule has 4 rings (SSSR count). The van der Waals surface area contributed by atoms with Crippen LogP contribution in [0.2, 0.25) is 0 Å². The Morgan fingerprint density at radius 1 is 1.21 bits per heavy atom. The van der Waals surface area contributed by atoms with Crippen molar-refractivity contribution >= 4 is 23.4 Å². The van der Waals surface area contributed by atoms with E-state index in [-0.39, 0.29) is 11.2 Å². The standard InChI is InChI=1S/C22H21N5OS/c1-15(21(28)24-19-11-7-16(13-23)8-12-19)29-22-26-25-20(18-9-10-18)27(22)14-17-5-3-2-4-6-17/h2-8,11-12,15,18H,9-10,14H2,1H3,(H,24,28)/t15-/m0/s1. The van der Waals surface area contributed by atoms with Crippen LogP contribution in [0, 0.1) is 11.3 Å². The van der Waals surface area contributed by atoms with E-state index in [1.807, 2.05) is 25.1 Å². The summed E-state index contributed by atoms with van der Waals surface area (Å²) < 4.78 is 2.14. The molecule has 1 aliphatic carbocycles. The van der Waals surface area contributed by atoms with Gasteiger partial charge in [-0.2, -0.15) is 5.26 Å². The van der Waals surface area contributed by atoms with Crippen molar-refractivity contribution in [3.8, 4) is 6.07 Å². The summed E-state index contributed by atoms with van der Waals surface area (Å²) in [6, 6.07) is 19.1. The largest absolute Gasteiger partial charge is 0.325 e. The minimum Gasteiger partial charge on any atom is -0.325 e. The first kappa shape index (κ1) is 19.2. The molecule has 6 nitrogen and oxygen atoms in total. The molecule has 0 saturated heterocycles. The van der Waals surface area contributed by atoms with Crippen LogP contribution in [-0.2, 0) is 11.3 Å². The van der Waals surface area contributed by atoms with Gasteiger partial charge in [0, 0.05) is 11.6 Å². The molecular formula is C22H21N5OS. The molecular weight excluding hydrogens is 382 g/mol. The summed E-state index contributed by atoms with van der Waals surface area (Å²) in [4.78, 5) is 12.6. The van der Waals surface area contributed by atoms with Gasteiger partial charge < -0.3 is 9.88 Å². The summed E-state index contributed by atoms with van der Waals surface area (Å²) in [5, 5.41) is 21.0. The first-order valence-electron chi connectivity index (χ1n) is 9.59. The topological polar surface area (TPSA) is 83.6 Å². The second kappa shape index (κ2) is 8.50. The van der Waals surface area contributed by atoms with Gasteiger partial charge in [0.15, 0.2) is 5.16 Å². The summed E-state index contributed by atoms with van der Waals surface area (Å²) in [6.07, 6.45) is 2.29. The highest BCUT2D eigenvalue weighted by atomic mass is 32.2. The number of hydrogen-bond donors (Lipinski definition) is 1. The zero-order valence-electron chi connectivity index (χ0n) is 16.1. The van der Waals surface area contributed by atoms with Crippen molar-refractivity contribution < 1.29 is 4.79 Å². The van der Waals surface area contributed by atoms with Crippen LogP contribution in [0.1, 0.15) is 42.6 Å². The molecule has 0 radical (unpaired) electrons. The summed E-state index contributed by atoms with van der Waals surface area (Å²) >= 11 is 1.42. The Labute approximate surface area is 174 Å². The van der Waals surface area contributed by atoms with Crippen molar-refractivity contribution in [3.05, 3.63) is 71.5 Å². The Hall–Kier alpha value is -3.11. The van der Waals surface area contributed by atoms with E-state index in [1.54, 1.807) is 24.3 Å². The van der Waals surface area contributed by atoms with E-state index in [9.17, 15) is 4.79 Å². The molecule has 7 heteroatoms. The van der Waals surface area contributed by atoms with Gasteiger partial charge in [0.1, 0.15) is 5.82 Å². The van der Waals surface area contributed by atoms with Crippen LogP contribution in [0.25, 0.3) is 0 Å². The average molecular weight is 404 g/mol. The van der Waals surface area contributed by atoms with Gasteiger partial charge >= 0.3 is 0 Å². The summed E-state index contributed by atoms with van der Waals surface area (Å²) in [5.41, 5.74) is 2.42. The molecule has 0 unspecified atom stereocenters. The van der Waals surface area contributed by atoms with E-state index >= 15 is 0 Å². The Kier molecular flexibility index (Phi) is 5.63. The highest BCUT2D eigenvalue weighted by molar-refractivity contribution is 8.00. The molecule has 1 heterocycles. The normalized spacial score (nSPS) is 14.2. The van der Waals surface area contributed by atoms with Crippen LogP contribution in [0.4, 0.5) is 5.69 Å². The molecule has 3 aromatic rings. The second-order valence-electron chi connectivity index (χ2n) is 7.13. The van der Waals surface area contributed by atoms with Crippen LogP contribution < -0.4 is 5.32 Å². The molecule has 1 amide bonds. The minimum atomic E-state index is -0.337. The van der Waals surface area contributed by atoms with E-state index in [2.05, 4.69) is 38.3 Å². The highest BCUT2D eigenvalue weighted by Gasteiger charge is 2.31.